The number of nitrogen functional groups attached to an aromatic ring is 4. The highest BCUT2D eigenvalue weighted by molar-refractivity contribution is 7.90. The summed E-state index contributed by atoms with van der Waals surface area (Å²) in [6.45, 7) is 2.99. The van der Waals surface area contributed by atoms with Crippen LogP contribution in [-0.2, 0) is 46.5 Å². The number of primary sulfonamides is 4. The third-order valence-electron chi connectivity index (χ3n) is 15.5. The molecule has 0 aliphatic heterocycles. The van der Waals surface area contributed by atoms with Crippen LogP contribution in [0.5, 0.6) is 0 Å². The van der Waals surface area contributed by atoms with Gasteiger partial charge in [0.25, 0.3) is 11.9 Å². The Morgan fingerprint density at radius 3 is 1.46 bits per heavy atom. The van der Waals surface area contributed by atoms with Crippen molar-refractivity contribution in [1.82, 2.24) is 99.5 Å². The van der Waals surface area contributed by atoms with Gasteiger partial charge in [-0.15, -0.1) is 36.8 Å². The second-order valence-electron chi connectivity index (χ2n) is 23.7. The molecular weight excluding hydrogens is 1590 g/mol. The number of benzene rings is 6. The number of amides is 1. The fourth-order valence-electron chi connectivity index (χ4n) is 10.1. The molecule has 0 aliphatic rings. The van der Waals surface area contributed by atoms with E-state index >= 15 is 0 Å². The van der Waals surface area contributed by atoms with Crippen LogP contribution in [0.15, 0.2) is 201 Å². The fourth-order valence-corrected chi connectivity index (χ4v) is 14.1. The van der Waals surface area contributed by atoms with E-state index in [-0.39, 0.29) is 79.0 Å². The number of thiophene rings is 1. The first-order valence-corrected chi connectivity index (χ1v) is 40.7. The highest BCUT2D eigenvalue weighted by atomic mass is 32.2. The largest absolute Gasteiger partial charge is 0.369 e. The number of carbonyl (C=O) groups is 1. The number of aryl methyl sites for hydroxylation is 1. The van der Waals surface area contributed by atoms with E-state index in [0.717, 1.165) is 31.7 Å². The van der Waals surface area contributed by atoms with Gasteiger partial charge in [-0.3, -0.25) is 4.79 Å². The molecule has 0 saturated heterocycles. The maximum atomic E-state index is 11.8. The number of hydrogen-bond donors (Lipinski definition) is 15. The number of thiazole rings is 1. The molecule has 0 fully saturated rings. The van der Waals surface area contributed by atoms with Crippen molar-refractivity contribution in [3.63, 3.8) is 0 Å². The molecule has 6 aromatic carbocycles. The summed E-state index contributed by atoms with van der Waals surface area (Å²) in [5.41, 5.74) is 36.6. The first-order chi connectivity index (χ1) is 54.3. The van der Waals surface area contributed by atoms with Gasteiger partial charge < -0.3 is 60.6 Å². The molecule has 9 heterocycles. The Hall–Kier alpha value is -13.8. The molecule has 15 rings (SSSR count). The number of hydrogen-bond acceptors (Lipinski definition) is 36. The summed E-state index contributed by atoms with van der Waals surface area (Å²) in [6, 6.07) is 43.8. The third kappa shape index (κ3) is 19.9. The Labute approximate surface area is 654 Å². The Kier molecular flexibility index (Phi) is 23.7. The smallest absolute Gasteiger partial charge is 0.255 e. The van der Waals surface area contributed by atoms with Gasteiger partial charge in [0, 0.05) is 61.1 Å². The third-order valence-corrected chi connectivity index (χ3v) is 21.3. The minimum absolute atomic E-state index is 0.00115. The Morgan fingerprint density at radius 1 is 0.500 bits per heavy atom. The maximum absolute atomic E-state index is 11.8. The molecule has 114 heavy (non-hydrogen) atoms. The summed E-state index contributed by atoms with van der Waals surface area (Å²) in [5, 5.41) is 65.8. The monoisotopic (exact) mass is 1660 g/mol. The average molecular weight is 1660 g/mol. The zero-order valence-corrected chi connectivity index (χ0v) is 64.2. The number of carbonyl (C=O) groups excluding carboxylic acids is 1. The Bertz CT molecular complexity index is 6450. The SMILES string of the molecule is CNC(=O)c1ccc2nc(-n3nc(Nc4ccc(S(N)(=O)=O)cc4)nc3N)sc2c1.Cc1csc2c(-n3nc(Nc4ccc(S(N)(=O)=O)cc4)nc3N)ncnc12.NCCNc1ccnc(-n2nc(Nc3ccc(S(N)(=O)=O)cc3)nc2N)n1.Nc1nc(Nc2ccc(S(N)(=O)=O)cc2)nn1-c1ccc(Cc2ccccc2)nn1. The van der Waals surface area contributed by atoms with Crippen LogP contribution in [0.4, 0.5) is 76.2 Å². The summed E-state index contributed by atoms with van der Waals surface area (Å²) in [4.78, 5) is 49.9. The van der Waals surface area contributed by atoms with Crippen molar-refractivity contribution in [2.45, 2.75) is 32.9 Å². The van der Waals surface area contributed by atoms with Gasteiger partial charge in [0.2, 0.25) is 92.8 Å². The number of fused-ring (bicyclic) bond motifs is 2. The van der Waals surface area contributed by atoms with E-state index in [1.165, 1.54) is 121 Å². The summed E-state index contributed by atoms with van der Waals surface area (Å²) in [7, 11) is -13.5. The lowest BCUT2D eigenvalue weighted by Crippen LogP contribution is -2.17. The normalized spacial score (nSPS) is 11.5. The van der Waals surface area contributed by atoms with Gasteiger partial charge >= 0.3 is 0 Å². The van der Waals surface area contributed by atoms with Crippen molar-refractivity contribution in [3.8, 4) is 22.7 Å². The summed E-state index contributed by atoms with van der Waals surface area (Å²) < 4.78 is 97.7. The van der Waals surface area contributed by atoms with E-state index in [0.29, 0.717) is 75.9 Å². The predicted molar refractivity (Wildman–Crippen MR) is 428 cm³/mol. The van der Waals surface area contributed by atoms with E-state index < -0.39 is 40.1 Å². The van der Waals surface area contributed by atoms with E-state index in [4.69, 9.17) is 49.2 Å². The molecule has 0 saturated carbocycles. The van der Waals surface area contributed by atoms with Crippen molar-refractivity contribution in [2.24, 2.45) is 26.3 Å². The van der Waals surface area contributed by atoms with Gasteiger partial charge in [-0.25, -0.2) is 74.2 Å². The summed E-state index contributed by atoms with van der Waals surface area (Å²) >= 11 is 2.81. The van der Waals surface area contributed by atoms with E-state index in [9.17, 15) is 38.5 Å². The van der Waals surface area contributed by atoms with Gasteiger partial charge in [0.05, 0.1) is 45.7 Å². The molecule has 0 unspecified atom stereocenters. The van der Waals surface area contributed by atoms with Crippen molar-refractivity contribution >= 4 is 165 Å². The number of aromatic nitrogens is 19. The zero-order chi connectivity index (χ0) is 81.2. The minimum Gasteiger partial charge on any atom is -0.369 e. The van der Waals surface area contributed by atoms with Crippen molar-refractivity contribution < 1.29 is 38.5 Å². The van der Waals surface area contributed by atoms with Crippen LogP contribution in [0.3, 0.4) is 0 Å². The molecule has 586 valence electrons. The first-order valence-electron chi connectivity index (χ1n) is 32.8. The molecular formula is C65H66N34O9S6. The molecule has 0 bridgehead atoms. The fraction of sp³-hybridized carbons (Fsp3) is 0.0769. The van der Waals surface area contributed by atoms with Gasteiger partial charge in [0.15, 0.2) is 11.6 Å². The number of nitrogens with one attached hydrogen (secondary N) is 6. The van der Waals surface area contributed by atoms with Crippen LogP contribution in [0, 0.1) is 6.92 Å². The van der Waals surface area contributed by atoms with Crippen LogP contribution in [-0.4, -0.2) is 154 Å². The molecule has 9 aromatic heterocycles. The van der Waals surface area contributed by atoms with Gasteiger partial charge in [0.1, 0.15) is 12.1 Å². The number of nitrogens with two attached hydrogens (primary N) is 9. The Morgan fingerprint density at radius 2 is 0.974 bits per heavy atom. The minimum atomic E-state index is -3.77. The number of rotatable bonds is 22. The van der Waals surface area contributed by atoms with Crippen molar-refractivity contribution in [2.75, 3.05) is 69.7 Å². The predicted octanol–water partition coefficient (Wildman–Crippen LogP) is 3.79. The van der Waals surface area contributed by atoms with Crippen LogP contribution in [0.1, 0.15) is 27.2 Å². The second kappa shape index (κ2) is 33.8. The maximum Gasteiger partial charge on any atom is 0.255 e. The van der Waals surface area contributed by atoms with Crippen LogP contribution >= 0.6 is 22.7 Å². The molecule has 1 amide bonds. The molecule has 0 radical (unpaired) electrons. The quantitative estimate of drug-likeness (QED) is 0.0459. The zero-order valence-electron chi connectivity index (χ0n) is 59.3. The lowest BCUT2D eigenvalue weighted by Gasteiger charge is -2.05. The molecule has 0 aliphatic carbocycles. The summed E-state index contributed by atoms with van der Waals surface area (Å²) in [5.74, 6) is 2.95. The van der Waals surface area contributed by atoms with Gasteiger partial charge in [-0.05, 0) is 157 Å². The highest BCUT2D eigenvalue weighted by Crippen LogP contribution is 2.31. The standard InChI is InChI=1S/C19H18N8O2S.C17H16N8O3S2.C15H14N8O2S2.C14H18N10O2S/c20-18-23-19(22-14-6-9-16(10-7-14)30(21,28)29)26-27(18)17-11-8-15(24-25-17)12-13-4-2-1-3-5-13;1-20-14(26)9-2-7-12-13(8-9)29-17(22-12)25-15(18)23-16(24-25)21-10-3-5-11(6-4-10)30(19,27)28;1-8-6-26-12-11(8)18-7-19-13(12)23-14(16)21-15(22-23)20-9-2-4-10(5-3-9)27(17,24)25;15-6-8-18-11-5-7-19-14(21-11)24-12(16)22-13(23-24)20-9-1-3-10(4-2-9)27(17,25)26/h1-11H,12H2,(H2,21,28,29)(H3,20,22,23,26);2-8H,1H3,(H,20,26)(H2,19,27,28)(H3,18,21,23,24);2-7H,1H3,(H2,17,24,25)(H3,16,20,21,22);1-5,7H,6,8,15H2,(H2,17,25,26)(H,18,19,21)(H3,16,20,22,23). The molecule has 15 aromatic rings. The topological polar surface area (TPSA) is 673 Å². The van der Waals surface area contributed by atoms with Gasteiger partial charge in [-0.1, -0.05) is 41.7 Å². The molecule has 43 nitrogen and oxygen atoms in total. The van der Waals surface area contributed by atoms with Crippen molar-refractivity contribution in [3.05, 3.63) is 204 Å². The van der Waals surface area contributed by atoms with Crippen LogP contribution in [0.25, 0.3) is 43.1 Å². The molecule has 49 heteroatoms. The highest BCUT2D eigenvalue weighted by Gasteiger charge is 2.21. The second-order valence-corrected chi connectivity index (χ2v) is 31.8. The Balaban J connectivity index is 0.000000141. The number of nitrogens with zero attached hydrogens (tertiary/aromatic N) is 19. The van der Waals surface area contributed by atoms with E-state index in [1.807, 2.05) is 48.7 Å². The van der Waals surface area contributed by atoms with Gasteiger partial charge in [-0.2, -0.15) is 48.7 Å². The average Bonchev–Trinajstić information content (AvgIpc) is 1.64. The summed E-state index contributed by atoms with van der Waals surface area (Å²) in [6.07, 6.45) is 3.68. The lowest BCUT2D eigenvalue weighted by atomic mass is 10.1. The van der Waals surface area contributed by atoms with Crippen LogP contribution in [0.2, 0.25) is 0 Å². The van der Waals surface area contributed by atoms with Crippen molar-refractivity contribution in [1.29, 1.82) is 0 Å². The molecule has 24 N–H and O–H groups in total. The van der Waals surface area contributed by atoms with E-state index in [2.05, 4.69) is 107 Å². The number of sulfonamides is 4. The lowest BCUT2D eigenvalue weighted by molar-refractivity contribution is 0.0963. The molecule has 0 atom stereocenters. The van der Waals surface area contributed by atoms with Crippen LogP contribution < -0.4 is 81.1 Å². The van der Waals surface area contributed by atoms with E-state index in [1.54, 1.807) is 67.8 Å². The molecule has 0 spiro atoms. The first kappa shape index (κ1) is 79.8. The number of anilines is 13.